The van der Waals surface area contributed by atoms with Gasteiger partial charge in [0.15, 0.2) is 0 Å². The Hall–Kier alpha value is -2.79. The van der Waals surface area contributed by atoms with Crippen molar-refractivity contribution in [1.82, 2.24) is 4.57 Å². The average molecular weight is 425 g/mol. The molecule has 0 saturated heterocycles. The van der Waals surface area contributed by atoms with Gasteiger partial charge in [0.1, 0.15) is 6.54 Å². The van der Waals surface area contributed by atoms with Gasteiger partial charge in [0.05, 0.1) is 6.61 Å². The van der Waals surface area contributed by atoms with Crippen molar-refractivity contribution in [3.8, 4) is 0 Å². The monoisotopic (exact) mass is 424 g/mol. The number of ether oxygens (including phenoxy) is 1. The number of esters is 1. The number of anilines is 1. The van der Waals surface area contributed by atoms with E-state index in [1.807, 2.05) is 44.3 Å². The molecule has 0 bridgehead atoms. The van der Waals surface area contributed by atoms with Crippen molar-refractivity contribution in [1.29, 1.82) is 0 Å². The molecule has 0 radical (unpaired) electrons. The van der Waals surface area contributed by atoms with Crippen molar-refractivity contribution in [2.45, 2.75) is 32.7 Å². The van der Waals surface area contributed by atoms with Crippen molar-refractivity contribution in [3.63, 3.8) is 0 Å². The maximum Gasteiger partial charge on any atom is 0.325 e. The van der Waals surface area contributed by atoms with E-state index in [-0.39, 0.29) is 24.3 Å². The summed E-state index contributed by atoms with van der Waals surface area (Å²) < 4.78 is 7.24. The first-order chi connectivity index (χ1) is 14.5. The summed E-state index contributed by atoms with van der Waals surface area (Å²) >= 11 is 5.98. The molecule has 1 aliphatic rings. The lowest BCUT2D eigenvalue weighted by atomic mass is 9.85. The fourth-order valence-corrected chi connectivity index (χ4v) is 4.52. The highest BCUT2D eigenvalue weighted by molar-refractivity contribution is 6.30. The van der Waals surface area contributed by atoms with Crippen LogP contribution in [-0.4, -0.2) is 30.1 Å². The smallest absolute Gasteiger partial charge is 0.325 e. The van der Waals surface area contributed by atoms with Gasteiger partial charge in [-0.2, -0.15) is 0 Å². The molecule has 3 aromatic rings. The molecule has 0 spiro atoms. The van der Waals surface area contributed by atoms with Crippen molar-refractivity contribution >= 4 is 40.1 Å². The predicted molar refractivity (Wildman–Crippen MR) is 119 cm³/mol. The van der Waals surface area contributed by atoms with Gasteiger partial charge in [-0.25, -0.2) is 0 Å². The van der Waals surface area contributed by atoms with Crippen molar-refractivity contribution in [2.75, 3.05) is 18.6 Å². The number of benzene rings is 2. The minimum atomic E-state index is -0.235. The Morgan fingerprint density at radius 1 is 1.17 bits per heavy atom. The van der Waals surface area contributed by atoms with Crippen LogP contribution in [0.25, 0.3) is 10.9 Å². The Balaban J connectivity index is 1.62. The lowest BCUT2D eigenvalue weighted by molar-refractivity contribution is -0.143. The van der Waals surface area contributed by atoms with Gasteiger partial charge in [-0.15, -0.1) is 0 Å². The van der Waals surface area contributed by atoms with Gasteiger partial charge < -0.3 is 14.2 Å². The largest absolute Gasteiger partial charge is 0.465 e. The van der Waals surface area contributed by atoms with E-state index in [1.54, 1.807) is 17.0 Å². The second kappa shape index (κ2) is 8.52. The Labute approximate surface area is 181 Å². The molecule has 2 aromatic carbocycles. The summed E-state index contributed by atoms with van der Waals surface area (Å²) in [5.41, 5.74) is 4.17. The van der Waals surface area contributed by atoms with E-state index in [2.05, 4.69) is 10.6 Å². The molecule has 1 atom stereocenters. The fourth-order valence-electron chi connectivity index (χ4n) is 4.39. The van der Waals surface area contributed by atoms with Crippen molar-refractivity contribution in [2.24, 2.45) is 5.92 Å². The Morgan fingerprint density at radius 3 is 2.63 bits per heavy atom. The van der Waals surface area contributed by atoms with E-state index < -0.39 is 0 Å². The molecule has 30 heavy (non-hydrogen) atoms. The summed E-state index contributed by atoms with van der Waals surface area (Å²) in [5, 5.41) is 1.76. The average Bonchev–Trinajstić information content (AvgIpc) is 3.06. The molecule has 5 nitrogen and oxygen atoms in total. The zero-order chi connectivity index (χ0) is 21.3. The molecule has 1 heterocycles. The Morgan fingerprint density at radius 2 is 1.90 bits per heavy atom. The first-order valence-corrected chi connectivity index (χ1v) is 10.6. The molecule has 156 valence electrons. The summed E-state index contributed by atoms with van der Waals surface area (Å²) in [7, 11) is 1.81. The minimum absolute atomic E-state index is 0.0972. The zero-order valence-corrected chi connectivity index (χ0v) is 18.0. The molecule has 6 heteroatoms. The van der Waals surface area contributed by atoms with Gasteiger partial charge in [-0.1, -0.05) is 29.8 Å². The molecule has 0 aliphatic heterocycles. The van der Waals surface area contributed by atoms with Crippen molar-refractivity contribution in [3.05, 3.63) is 64.8 Å². The van der Waals surface area contributed by atoms with Gasteiger partial charge >= 0.3 is 5.97 Å². The van der Waals surface area contributed by atoms with Crippen LogP contribution < -0.4 is 4.90 Å². The van der Waals surface area contributed by atoms with E-state index >= 15 is 0 Å². The molecular formula is C24H25ClN2O3. The molecular weight excluding hydrogens is 400 g/mol. The first-order valence-electron chi connectivity index (χ1n) is 10.3. The zero-order valence-electron chi connectivity index (χ0n) is 17.2. The number of nitrogens with zero attached hydrogens (tertiary/aromatic N) is 2. The van der Waals surface area contributed by atoms with E-state index in [0.717, 1.165) is 35.1 Å². The normalized spacial score (nSPS) is 15.6. The number of carbonyl (C=O) groups excluding carboxylic acids is 2. The highest BCUT2D eigenvalue weighted by Gasteiger charge is 2.31. The van der Waals surface area contributed by atoms with Crippen LogP contribution in [0.15, 0.2) is 48.5 Å². The van der Waals surface area contributed by atoms with Crippen LogP contribution in [0.3, 0.4) is 0 Å². The number of rotatable bonds is 5. The molecule has 1 aromatic heterocycles. The SMILES string of the molecule is CCOC(=O)Cn1c2c(c3ccccc31)CC(C(=O)N(C)c1ccc(Cl)cc1)CC2. The van der Waals surface area contributed by atoms with Crippen molar-refractivity contribution < 1.29 is 14.3 Å². The molecule has 0 N–H and O–H groups in total. The Bertz CT molecular complexity index is 1090. The maximum absolute atomic E-state index is 13.2. The fraction of sp³-hybridized carbons (Fsp3) is 0.333. The van der Waals surface area contributed by atoms with Crippen LogP contribution in [-0.2, 0) is 33.7 Å². The summed E-state index contributed by atoms with van der Waals surface area (Å²) in [5.74, 6) is -0.230. The third-order valence-corrected chi connectivity index (χ3v) is 6.11. The maximum atomic E-state index is 13.2. The van der Waals surface area contributed by atoms with E-state index in [4.69, 9.17) is 16.3 Å². The van der Waals surface area contributed by atoms with Gasteiger partial charge in [-0.3, -0.25) is 9.59 Å². The minimum Gasteiger partial charge on any atom is -0.465 e. The van der Waals surface area contributed by atoms with Crippen LogP contribution >= 0.6 is 11.6 Å². The first kappa shape index (κ1) is 20.5. The van der Waals surface area contributed by atoms with Crippen LogP contribution in [0.2, 0.25) is 5.02 Å². The van der Waals surface area contributed by atoms with Gasteiger partial charge in [0, 0.05) is 40.3 Å². The van der Waals surface area contributed by atoms with E-state index in [9.17, 15) is 9.59 Å². The number of hydrogen-bond donors (Lipinski definition) is 0. The number of carbonyl (C=O) groups is 2. The lowest BCUT2D eigenvalue weighted by Gasteiger charge is -2.27. The van der Waals surface area contributed by atoms with Crippen LogP contribution in [0.1, 0.15) is 24.6 Å². The predicted octanol–water partition coefficient (Wildman–Crippen LogP) is 4.63. The van der Waals surface area contributed by atoms with Crippen LogP contribution in [0, 0.1) is 5.92 Å². The highest BCUT2D eigenvalue weighted by atomic mass is 35.5. The van der Waals surface area contributed by atoms with Crippen LogP contribution in [0.4, 0.5) is 5.69 Å². The van der Waals surface area contributed by atoms with Gasteiger partial charge in [0.25, 0.3) is 0 Å². The van der Waals surface area contributed by atoms with E-state index in [1.165, 1.54) is 5.56 Å². The number of fused-ring (bicyclic) bond motifs is 3. The van der Waals surface area contributed by atoms with E-state index in [0.29, 0.717) is 18.1 Å². The second-order valence-corrected chi connectivity index (χ2v) is 8.08. The molecule has 1 unspecified atom stereocenters. The summed E-state index contributed by atoms with van der Waals surface area (Å²) in [4.78, 5) is 27.1. The second-order valence-electron chi connectivity index (χ2n) is 7.65. The Kier molecular flexibility index (Phi) is 5.82. The quantitative estimate of drug-likeness (QED) is 0.561. The molecule has 1 aliphatic carbocycles. The topological polar surface area (TPSA) is 51.5 Å². The summed E-state index contributed by atoms with van der Waals surface area (Å²) in [6.45, 7) is 2.38. The number of halogens is 1. The number of para-hydroxylation sites is 1. The number of aromatic nitrogens is 1. The molecule has 0 fully saturated rings. The highest BCUT2D eigenvalue weighted by Crippen LogP contribution is 2.35. The molecule has 4 rings (SSSR count). The molecule has 0 saturated carbocycles. The standard InChI is InChI=1S/C24H25ClN2O3/c1-3-30-23(28)15-27-21-7-5-4-6-19(21)20-14-16(8-13-22(20)27)24(29)26(2)18-11-9-17(25)10-12-18/h4-7,9-12,16H,3,8,13-15H2,1-2H3. The summed E-state index contributed by atoms with van der Waals surface area (Å²) in [6.07, 6.45) is 2.18. The number of amides is 1. The third kappa shape index (κ3) is 3.82. The molecule has 1 amide bonds. The number of hydrogen-bond acceptors (Lipinski definition) is 3. The van der Waals surface area contributed by atoms with Gasteiger partial charge in [0.2, 0.25) is 5.91 Å². The van der Waals surface area contributed by atoms with Gasteiger partial charge in [-0.05, 0) is 62.1 Å². The lowest BCUT2D eigenvalue weighted by Crippen LogP contribution is -2.36. The summed E-state index contributed by atoms with van der Waals surface area (Å²) in [6, 6.07) is 15.4. The third-order valence-electron chi connectivity index (χ3n) is 5.86. The van der Waals surface area contributed by atoms with Crippen LogP contribution in [0.5, 0.6) is 0 Å².